The van der Waals surface area contributed by atoms with Crippen LogP contribution in [-0.4, -0.2) is 33.0 Å². The van der Waals surface area contributed by atoms with Gasteiger partial charge in [0, 0.05) is 25.8 Å². The van der Waals surface area contributed by atoms with Crippen molar-refractivity contribution in [3.05, 3.63) is 66.1 Å². The molecule has 1 aliphatic rings. The number of hydrogen-bond donors (Lipinski definition) is 1. The molecular weight excluding hydrogens is 344 g/mol. The third-order valence-electron chi connectivity index (χ3n) is 4.62. The topological polar surface area (TPSA) is 100.0 Å². The number of aromatic nitrogens is 3. The quantitative estimate of drug-likeness (QED) is 0.716. The number of nitriles is 1. The fourth-order valence-electron chi connectivity index (χ4n) is 3.16. The Morgan fingerprint density at radius 2 is 2.19 bits per heavy atom. The zero-order chi connectivity index (χ0) is 18.6. The number of amides is 1. The lowest BCUT2D eigenvalue weighted by atomic mass is 10.1. The first-order chi connectivity index (χ1) is 13.2. The highest BCUT2D eigenvalue weighted by Gasteiger charge is 2.34. The van der Waals surface area contributed by atoms with Crippen LogP contribution >= 0.6 is 0 Å². The highest BCUT2D eigenvalue weighted by molar-refractivity contribution is 5.97. The Bertz CT molecular complexity index is 955. The van der Waals surface area contributed by atoms with Crippen molar-refractivity contribution in [3.8, 4) is 6.07 Å². The molecule has 1 fully saturated rings. The van der Waals surface area contributed by atoms with E-state index < -0.39 is 0 Å². The predicted molar refractivity (Wildman–Crippen MR) is 96.6 cm³/mol. The van der Waals surface area contributed by atoms with E-state index in [2.05, 4.69) is 21.4 Å². The van der Waals surface area contributed by atoms with Crippen LogP contribution in [0.3, 0.4) is 0 Å². The first kappa shape index (κ1) is 17.0. The molecule has 1 saturated heterocycles. The number of oxazole rings is 1. The summed E-state index contributed by atoms with van der Waals surface area (Å²) in [5, 5.41) is 12.2. The number of benzene rings is 1. The number of nitrogens with zero attached hydrogens (tertiary/aromatic N) is 5. The molecule has 1 aliphatic heterocycles. The predicted octanol–water partition coefficient (Wildman–Crippen LogP) is 1.69. The van der Waals surface area contributed by atoms with Crippen LogP contribution in [0.1, 0.15) is 23.2 Å². The van der Waals surface area contributed by atoms with Crippen LogP contribution in [0.4, 0.5) is 6.01 Å². The van der Waals surface area contributed by atoms with Crippen LogP contribution in [0, 0.1) is 11.3 Å². The van der Waals surface area contributed by atoms with Gasteiger partial charge in [-0.3, -0.25) is 9.69 Å². The smallest absolute Gasteiger partial charge is 0.304 e. The van der Waals surface area contributed by atoms with Gasteiger partial charge in [-0.2, -0.15) is 5.26 Å². The number of imidazole rings is 1. The fourth-order valence-corrected chi connectivity index (χ4v) is 3.16. The highest BCUT2D eigenvalue weighted by Crippen LogP contribution is 2.19. The molecule has 0 saturated carbocycles. The summed E-state index contributed by atoms with van der Waals surface area (Å²) >= 11 is 0. The lowest BCUT2D eigenvalue weighted by Gasteiger charge is -2.14. The molecule has 1 amide bonds. The molecule has 0 unspecified atom stereocenters. The van der Waals surface area contributed by atoms with E-state index >= 15 is 0 Å². The molecule has 1 N–H and O–H groups in total. The van der Waals surface area contributed by atoms with Gasteiger partial charge >= 0.3 is 6.01 Å². The van der Waals surface area contributed by atoms with Gasteiger partial charge in [0.1, 0.15) is 6.26 Å². The minimum atomic E-state index is -0.268. The van der Waals surface area contributed by atoms with Crippen LogP contribution in [0.5, 0.6) is 0 Å². The number of rotatable bonds is 6. The molecule has 2 aromatic heterocycles. The molecule has 1 atom stereocenters. The van der Waals surface area contributed by atoms with E-state index in [1.165, 1.54) is 12.5 Å². The third kappa shape index (κ3) is 3.59. The number of nitrogens with one attached hydrogen (secondary N) is 1. The minimum Gasteiger partial charge on any atom is -0.432 e. The summed E-state index contributed by atoms with van der Waals surface area (Å²) in [6.07, 6.45) is 7.26. The molecule has 0 spiro atoms. The van der Waals surface area contributed by atoms with E-state index in [4.69, 9.17) is 9.68 Å². The van der Waals surface area contributed by atoms with Gasteiger partial charge in [-0.1, -0.05) is 12.1 Å². The number of hydrogen-bond acceptors (Lipinski definition) is 6. The first-order valence-corrected chi connectivity index (χ1v) is 8.67. The molecule has 4 rings (SSSR count). The summed E-state index contributed by atoms with van der Waals surface area (Å²) < 4.78 is 7.25. The fraction of sp³-hybridized carbons (Fsp3) is 0.263. The van der Waals surface area contributed by atoms with E-state index in [1.807, 2.05) is 16.7 Å². The molecular formula is C19H18N6O2. The maximum Gasteiger partial charge on any atom is 0.304 e. The molecule has 0 bridgehead atoms. The average Bonchev–Trinajstić information content (AvgIpc) is 3.43. The summed E-state index contributed by atoms with van der Waals surface area (Å²) in [6.45, 7) is 1.78. The number of anilines is 1. The lowest BCUT2D eigenvalue weighted by molar-refractivity contribution is -0.119. The van der Waals surface area contributed by atoms with E-state index in [0.29, 0.717) is 37.6 Å². The molecule has 3 aromatic rings. The van der Waals surface area contributed by atoms with Gasteiger partial charge in [-0.25, -0.2) is 9.97 Å². The first-order valence-electron chi connectivity index (χ1n) is 8.67. The van der Waals surface area contributed by atoms with Gasteiger partial charge in [-0.05, 0) is 24.1 Å². The summed E-state index contributed by atoms with van der Waals surface area (Å²) in [4.78, 5) is 22.3. The Balaban J connectivity index is 1.37. The van der Waals surface area contributed by atoms with Crippen molar-refractivity contribution in [2.24, 2.45) is 0 Å². The SMILES string of the molecule is N#Cc1ccc(Cn2cncc2CN[C@H]2CCN(c3ncco3)C2=O)cc1. The van der Waals surface area contributed by atoms with E-state index in [-0.39, 0.29) is 11.9 Å². The van der Waals surface area contributed by atoms with Gasteiger partial charge in [0.15, 0.2) is 0 Å². The lowest BCUT2D eigenvalue weighted by Crippen LogP contribution is -2.38. The van der Waals surface area contributed by atoms with Crippen molar-refractivity contribution >= 4 is 11.9 Å². The summed E-state index contributed by atoms with van der Waals surface area (Å²) in [5.74, 6) is -0.0318. The Labute approximate surface area is 156 Å². The van der Waals surface area contributed by atoms with Crippen LogP contribution in [0.2, 0.25) is 0 Å². The highest BCUT2D eigenvalue weighted by atomic mass is 16.4. The molecule has 0 radical (unpaired) electrons. The zero-order valence-electron chi connectivity index (χ0n) is 14.6. The average molecular weight is 362 g/mol. The van der Waals surface area contributed by atoms with E-state index in [1.54, 1.807) is 29.6 Å². The molecule has 136 valence electrons. The van der Waals surface area contributed by atoms with Crippen LogP contribution < -0.4 is 10.2 Å². The molecule has 27 heavy (non-hydrogen) atoms. The van der Waals surface area contributed by atoms with Gasteiger partial charge in [0.2, 0.25) is 5.91 Å². The standard InChI is InChI=1S/C19H18N6O2/c20-9-14-1-3-15(4-2-14)12-24-13-21-10-16(24)11-23-17-5-7-25(18(17)26)19-22-6-8-27-19/h1-4,6,8,10,13,17,23H,5,7,11-12H2/t17-/m0/s1. The number of carbonyl (C=O) groups is 1. The molecule has 8 nitrogen and oxygen atoms in total. The van der Waals surface area contributed by atoms with Crippen LogP contribution in [-0.2, 0) is 17.9 Å². The van der Waals surface area contributed by atoms with Gasteiger partial charge in [0.25, 0.3) is 0 Å². The van der Waals surface area contributed by atoms with Crippen molar-refractivity contribution in [2.75, 3.05) is 11.4 Å². The number of carbonyl (C=O) groups excluding carboxylic acids is 1. The second-order valence-electron chi connectivity index (χ2n) is 6.35. The van der Waals surface area contributed by atoms with Gasteiger partial charge < -0.3 is 14.3 Å². The Kier molecular flexibility index (Phi) is 4.68. The Hall–Kier alpha value is -3.44. The maximum absolute atomic E-state index is 12.5. The van der Waals surface area contributed by atoms with Gasteiger partial charge in [0.05, 0.1) is 35.9 Å². The van der Waals surface area contributed by atoms with Crippen LogP contribution in [0.15, 0.2) is 53.7 Å². The zero-order valence-corrected chi connectivity index (χ0v) is 14.6. The van der Waals surface area contributed by atoms with Crippen molar-refractivity contribution in [2.45, 2.75) is 25.6 Å². The van der Waals surface area contributed by atoms with Crippen molar-refractivity contribution < 1.29 is 9.21 Å². The van der Waals surface area contributed by atoms with Crippen LogP contribution in [0.25, 0.3) is 0 Å². The van der Waals surface area contributed by atoms with Crippen molar-refractivity contribution in [1.82, 2.24) is 19.9 Å². The second-order valence-corrected chi connectivity index (χ2v) is 6.35. The summed E-state index contributed by atoms with van der Waals surface area (Å²) in [7, 11) is 0. The molecule has 3 heterocycles. The normalized spacial score (nSPS) is 16.6. The Morgan fingerprint density at radius 3 is 2.93 bits per heavy atom. The summed E-state index contributed by atoms with van der Waals surface area (Å²) in [6, 6.07) is 9.67. The Morgan fingerprint density at radius 1 is 1.33 bits per heavy atom. The molecule has 0 aliphatic carbocycles. The maximum atomic E-state index is 12.5. The molecule has 1 aromatic carbocycles. The van der Waals surface area contributed by atoms with Crippen molar-refractivity contribution in [1.29, 1.82) is 5.26 Å². The summed E-state index contributed by atoms with van der Waals surface area (Å²) in [5.41, 5.74) is 2.71. The third-order valence-corrected chi connectivity index (χ3v) is 4.62. The van der Waals surface area contributed by atoms with E-state index in [9.17, 15) is 4.79 Å². The second kappa shape index (κ2) is 7.43. The molecule has 8 heteroatoms. The monoisotopic (exact) mass is 362 g/mol. The van der Waals surface area contributed by atoms with Gasteiger partial charge in [-0.15, -0.1) is 0 Å². The van der Waals surface area contributed by atoms with E-state index in [0.717, 1.165) is 11.3 Å². The minimum absolute atomic E-state index is 0.0318. The largest absolute Gasteiger partial charge is 0.432 e. The van der Waals surface area contributed by atoms with Crippen molar-refractivity contribution in [3.63, 3.8) is 0 Å².